The Morgan fingerprint density at radius 1 is 1.21 bits per heavy atom. The molecule has 1 aromatic carbocycles. The number of nitrogens with zero attached hydrogens (tertiary/aromatic N) is 1. The summed E-state index contributed by atoms with van der Waals surface area (Å²) in [5.41, 5.74) is 1.13. The zero-order valence-corrected chi connectivity index (χ0v) is 13.8. The SMILES string of the molecule is COc1ccc(NC(=O)c2ccnc(Cl)c2)c(C(=O)NC2CC2)c1. The molecule has 0 saturated heterocycles. The van der Waals surface area contributed by atoms with E-state index in [4.69, 9.17) is 16.3 Å². The molecule has 0 radical (unpaired) electrons. The van der Waals surface area contributed by atoms with Gasteiger partial charge in [-0.1, -0.05) is 11.6 Å². The lowest BCUT2D eigenvalue weighted by atomic mass is 10.1. The predicted octanol–water partition coefficient (Wildman–Crippen LogP) is 2.89. The van der Waals surface area contributed by atoms with Crippen molar-refractivity contribution >= 4 is 29.1 Å². The average molecular weight is 346 g/mol. The molecule has 0 atom stereocenters. The minimum absolute atomic E-state index is 0.214. The fourth-order valence-corrected chi connectivity index (χ4v) is 2.35. The third-order valence-corrected chi connectivity index (χ3v) is 3.83. The van der Waals surface area contributed by atoms with Crippen molar-refractivity contribution in [1.29, 1.82) is 0 Å². The molecule has 1 fully saturated rings. The van der Waals surface area contributed by atoms with Crippen molar-refractivity contribution in [3.05, 3.63) is 52.8 Å². The van der Waals surface area contributed by atoms with Crippen LogP contribution in [0, 0.1) is 0 Å². The standard InChI is InChI=1S/C17H16ClN3O3/c1-24-12-4-5-14(13(9-12)17(23)20-11-2-3-11)21-16(22)10-6-7-19-15(18)8-10/h4-9,11H,2-3H2,1H3,(H,20,23)(H,21,22). The Hall–Kier alpha value is -2.60. The lowest BCUT2D eigenvalue weighted by Crippen LogP contribution is -2.27. The largest absolute Gasteiger partial charge is 0.497 e. The van der Waals surface area contributed by atoms with E-state index in [1.54, 1.807) is 24.3 Å². The minimum Gasteiger partial charge on any atom is -0.497 e. The maximum absolute atomic E-state index is 12.4. The van der Waals surface area contributed by atoms with E-state index in [0.29, 0.717) is 22.6 Å². The maximum atomic E-state index is 12.4. The number of nitrogens with one attached hydrogen (secondary N) is 2. The summed E-state index contributed by atoms with van der Waals surface area (Å²) in [7, 11) is 1.52. The van der Waals surface area contributed by atoms with Gasteiger partial charge >= 0.3 is 0 Å². The Bertz CT molecular complexity index is 790. The van der Waals surface area contributed by atoms with E-state index in [-0.39, 0.29) is 23.0 Å². The molecule has 0 unspecified atom stereocenters. The topological polar surface area (TPSA) is 80.3 Å². The van der Waals surface area contributed by atoms with Gasteiger partial charge in [-0.25, -0.2) is 4.98 Å². The summed E-state index contributed by atoms with van der Waals surface area (Å²) in [6.45, 7) is 0. The highest BCUT2D eigenvalue weighted by Crippen LogP contribution is 2.25. The number of methoxy groups -OCH3 is 1. The zero-order chi connectivity index (χ0) is 17.1. The first kappa shape index (κ1) is 16.3. The highest BCUT2D eigenvalue weighted by molar-refractivity contribution is 6.29. The number of pyridine rings is 1. The van der Waals surface area contributed by atoms with E-state index in [2.05, 4.69) is 15.6 Å². The van der Waals surface area contributed by atoms with Gasteiger partial charge in [-0.15, -0.1) is 0 Å². The summed E-state index contributed by atoms with van der Waals surface area (Å²) < 4.78 is 5.17. The van der Waals surface area contributed by atoms with Crippen molar-refractivity contribution in [2.45, 2.75) is 18.9 Å². The Balaban J connectivity index is 1.85. The highest BCUT2D eigenvalue weighted by Gasteiger charge is 2.25. The van der Waals surface area contributed by atoms with E-state index >= 15 is 0 Å². The van der Waals surface area contributed by atoms with Crippen LogP contribution in [0.2, 0.25) is 5.15 Å². The lowest BCUT2D eigenvalue weighted by molar-refractivity contribution is 0.0951. The van der Waals surface area contributed by atoms with Crippen LogP contribution >= 0.6 is 11.6 Å². The van der Waals surface area contributed by atoms with Gasteiger partial charge in [0.2, 0.25) is 0 Å². The van der Waals surface area contributed by atoms with E-state index in [0.717, 1.165) is 12.8 Å². The molecule has 2 aromatic rings. The second-order valence-electron chi connectivity index (χ2n) is 5.48. The molecule has 3 rings (SSSR count). The first-order chi connectivity index (χ1) is 11.6. The Kier molecular flexibility index (Phi) is 4.66. The maximum Gasteiger partial charge on any atom is 0.255 e. The number of carbonyl (C=O) groups excluding carboxylic acids is 2. The second-order valence-corrected chi connectivity index (χ2v) is 5.87. The first-order valence-corrected chi connectivity index (χ1v) is 7.86. The number of carbonyl (C=O) groups is 2. The quantitative estimate of drug-likeness (QED) is 0.816. The molecule has 124 valence electrons. The number of amides is 2. The van der Waals surface area contributed by atoms with Gasteiger partial charge in [-0.05, 0) is 43.2 Å². The molecule has 2 N–H and O–H groups in total. The van der Waals surface area contributed by atoms with Crippen LogP contribution in [0.15, 0.2) is 36.5 Å². The molecular formula is C17H16ClN3O3. The third kappa shape index (κ3) is 3.83. The van der Waals surface area contributed by atoms with Gasteiger partial charge in [0.15, 0.2) is 0 Å². The van der Waals surface area contributed by atoms with Crippen molar-refractivity contribution in [2.24, 2.45) is 0 Å². The average Bonchev–Trinajstić information content (AvgIpc) is 3.39. The molecule has 7 heteroatoms. The van der Waals surface area contributed by atoms with Crippen LogP contribution in [0.1, 0.15) is 33.6 Å². The van der Waals surface area contributed by atoms with Crippen molar-refractivity contribution in [2.75, 3.05) is 12.4 Å². The van der Waals surface area contributed by atoms with E-state index in [1.807, 2.05) is 0 Å². The molecule has 1 saturated carbocycles. The fourth-order valence-electron chi connectivity index (χ4n) is 2.18. The van der Waals surface area contributed by atoms with Crippen LogP contribution in [-0.2, 0) is 0 Å². The number of rotatable bonds is 5. The van der Waals surface area contributed by atoms with Crippen LogP contribution in [0.4, 0.5) is 5.69 Å². The van der Waals surface area contributed by atoms with Gasteiger partial charge in [0, 0.05) is 17.8 Å². The highest BCUT2D eigenvalue weighted by atomic mass is 35.5. The van der Waals surface area contributed by atoms with Gasteiger partial charge in [0.1, 0.15) is 10.9 Å². The number of ether oxygens (including phenoxy) is 1. The Morgan fingerprint density at radius 3 is 2.67 bits per heavy atom. The molecule has 0 bridgehead atoms. The van der Waals surface area contributed by atoms with Gasteiger partial charge in [0.05, 0.1) is 18.4 Å². The Labute approximate surface area is 144 Å². The molecular weight excluding hydrogens is 330 g/mol. The lowest BCUT2D eigenvalue weighted by Gasteiger charge is -2.13. The normalized spacial score (nSPS) is 13.2. The molecule has 1 heterocycles. The number of anilines is 1. The predicted molar refractivity (Wildman–Crippen MR) is 90.7 cm³/mol. The molecule has 1 aliphatic carbocycles. The summed E-state index contributed by atoms with van der Waals surface area (Å²) in [6, 6.07) is 8.15. The van der Waals surface area contributed by atoms with Crippen LogP contribution in [0.3, 0.4) is 0 Å². The van der Waals surface area contributed by atoms with E-state index < -0.39 is 0 Å². The van der Waals surface area contributed by atoms with E-state index in [1.165, 1.54) is 19.4 Å². The summed E-state index contributed by atoms with van der Waals surface area (Å²) in [6.07, 6.45) is 3.41. The van der Waals surface area contributed by atoms with Crippen LogP contribution < -0.4 is 15.4 Å². The number of hydrogen-bond acceptors (Lipinski definition) is 4. The summed E-state index contributed by atoms with van der Waals surface area (Å²) in [5, 5.41) is 5.87. The summed E-state index contributed by atoms with van der Waals surface area (Å²) >= 11 is 5.81. The second kappa shape index (κ2) is 6.88. The number of hydrogen-bond donors (Lipinski definition) is 2. The number of aromatic nitrogens is 1. The third-order valence-electron chi connectivity index (χ3n) is 3.62. The van der Waals surface area contributed by atoms with Gasteiger partial charge in [-0.3, -0.25) is 9.59 Å². The van der Waals surface area contributed by atoms with Crippen LogP contribution in [0.5, 0.6) is 5.75 Å². The van der Waals surface area contributed by atoms with Crippen molar-refractivity contribution in [3.8, 4) is 5.75 Å². The minimum atomic E-state index is -0.370. The Morgan fingerprint density at radius 2 is 2.00 bits per heavy atom. The van der Waals surface area contributed by atoms with E-state index in [9.17, 15) is 9.59 Å². The van der Waals surface area contributed by atoms with Crippen LogP contribution in [-0.4, -0.2) is 29.9 Å². The molecule has 0 aliphatic heterocycles. The zero-order valence-electron chi connectivity index (χ0n) is 13.0. The van der Waals surface area contributed by atoms with Gasteiger partial charge in [-0.2, -0.15) is 0 Å². The molecule has 1 aromatic heterocycles. The number of benzene rings is 1. The molecule has 24 heavy (non-hydrogen) atoms. The summed E-state index contributed by atoms with van der Waals surface area (Å²) in [5.74, 6) is -0.0645. The van der Waals surface area contributed by atoms with Crippen LogP contribution in [0.25, 0.3) is 0 Å². The monoisotopic (exact) mass is 345 g/mol. The van der Waals surface area contributed by atoms with Crippen molar-refractivity contribution in [1.82, 2.24) is 10.3 Å². The molecule has 0 spiro atoms. The van der Waals surface area contributed by atoms with Crippen molar-refractivity contribution < 1.29 is 14.3 Å². The van der Waals surface area contributed by atoms with Crippen molar-refractivity contribution in [3.63, 3.8) is 0 Å². The van der Waals surface area contributed by atoms with Gasteiger partial charge < -0.3 is 15.4 Å². The molecule has 6 nitrogen and oxygen atoms in total. The number of halogens is 1. The smallest absolute Gasteiger partial charge is 0.255 e. The summed E-state index contributed by atoms with van der Waals surface area (Å²) in [4.78, 5) is 28.6. The molecule has 1 aliphatic rings. The molecule has 2 amide bonds. The van der Waals surface area contributed by atoms with Gasteiger partial charge in [0.25, 0.3) is 11.8 Å². The fraction of sp³-hybridized carbons (Fsp3) is 0.235. The first-order valence-electron chi connectivity index (χ1n) is 7.48.